The summed E-state index contributed by atoms with van der Waals surface area (Å²) in [6.07, 6.45) is -3.31. The summed E-state index contributed by atoms with van der Waals surface area (Å²) in [7, 11) is 1.38. The molecule has 0 amide bonds. The minimum Gasteiger partial charge on any atom is -0.394 e. The number of ether oxygens (including phenoxy) is 2. The van der Waals surface area contributed by atoms with Crippen molar-refractivity contribution >= 4 is 0 Å². The van der Waals surface area contributed by atoms with E-state index in [1.54, 1.807) is 6.92 Å². The molecule has 0 saturated carbocycles. The molecule has 13 heavy (non-hydrogen) atoms. The zero-order chi connectivity index (χ0) is 10.0. The molecule has 3 N–H and O–H groups in total. The van der Waals surface area contributed by atoms with Crippen molar-refractivity contribution in [1.82, 2.24) is 0 Å². The molecule has 78 valence electrons. The van der Waals surface area contributed by atoms with Gasteiger partial charge in [0.15, 0.2) is 6.29 Å². The molecule has 0 spiro atoms. The first-order chi connectivity index (χ1) is 6.11. The fourth-order valence-corrected chi connectivity index (χ4v) is 1.47. The molecule has 0 bridgehead atoms. The van der Waals surface area contributed by atoms with Crippen molar-refractivity contribution in [3.8, 4) is 0 Å². The van der Waals surface area contributed by atoms with Gasteiger partial charge in [-0.25, -0.2) is 0 Å². The molecule has 3 unspecified atom stereocenters. The molecule has 0 aromatic rings. The van der Waals surface area contributed by atoms with Crippen LogP contribution >= 0.6 is 0 Å². The summed E-state index contributed by atoms with van der Waals surface area (Å²) in [6, 6.07) is 0. The minimum atomic E-state index is -1.05. The first-order valence-corrected chi connectivity index (χ1v) is 4.27. The predicted molar refractivity (Wildman–Crippen MR) is 43.9 cm³/mol. The van der Waals surface area contributed by atoms with Gasteiger partial charge in [0.1, 0.15) is 6.10 Å². The SMILES string of the molecule is CO[C@H]1OC(CO)[C@H](C)C(O)C1O. The molecule has 5 atom stereocenters. The summed E-state index contributed by atoms with van der Waals surface area (Å²) >= 11 is 0. The van der Waals surface area contributed by atoms with E-state index in [0.717, 1.165) is 0 Å². The van der Waals surface area contributed by atoms with Gasteiger partial charge in [-0.1, -0.05) is 6.92 Å². The number of methoxy groups -OCH3 is 1. The lowest BCUT2D eigenvalue weighted by atomic mass is 9.91. The third kappa shape index (κ3) is 2.00. The van der Waals surface area contributed by atoms with Gasteiger partial charge in [-0.05, 0) is 0 Å². The van der Waals surface area contributed by atoms with Gasteiger partial charge in [-0.15, -0.1) is 0 Å². The van der Waals surface area contributed by atoms with E-state index in [0.29, 0.717) is 0 Å². The largest absolute Gasteiger partial charge is 0.394 e. The highest BCUT2D eigenvalue weighted by molar-refractivity contribution is 4.86. The van der Waals surface area contributed by atoms with Crippen LogP contribution in [0.1, 0.15) is 6.92 Å². The zero-order valence-corrected chi connectivity index (χ0v) is 7.75. The Morgan fingerprint density at radius 2 is 1.92 bits per heavy atom. The van der Waals surface area contributed by atoms with Gasteiger partial charge in [0.05, 0.1) is 18.8 Å². The van der Waals surface area contributed by atoms with Crippen molar-refractivity contribution in [2.24, 2.45) is 5.92 Å². The molecule has 1 heterocycles. The highest BCUT2D eigenvalue weighted by Gasteiger charge is 2.41. The van der Waals surface area contributed by atoms with Crippen LogP contribution in [0, 0.1) is 5.92 Å². The van der Waals surface area contributed by atoms with Crippen LogP contribution in [0.5, 0.6) is 0 Å². The second-order valence-electron chi connectivity index (χ2n) is 3.30. The molecule has 0 aliphatic carbocycles. The van der Waals surface area contributed by atoms with Crippen molar-refractivity contribution in [3.05, 3.63) is 0 Å². The molecule has 1 rings (SSSR count). The van der Waals surface area contributed by atoms with Gasteiger partial charge in [0.2, 0.25) is 0 Å². The van der Waals surface area contributed by atoms with Gasteiger partial charge in [0.25, 0.3) is 0 Å². The van der Waals surface area contributed by atoms with E-state index >= 15 is 0 Å². The van der Waals surface area contributed by atoms with E-state index < -0.39 is 24.6 Å². The third-order valence-electron chi connectivity index (χ3n) is 2.48. The van der Waals surface area contributed by atoms with E-state index in [1.807, 2.05) is 0 Å². The third-order valence-corrected chi connectivity index (χ3v) is 2.48. The number of hydrogen-bond acceptors (Lipinski definition) is 5. The summed E-state index contributed by atoms with van der Waals surface area (Å²) in [5, 5.41) is 27.9. The van der Waals surface area contributed by atoms with Crippen LogP contribution in [-0.4, -0.2) is 53.6 Å². The molecular weight excluding hydrogens is 176 g/mol. The first kappa shape index (κ1) is 10.9. The van der Waals surface area contributed by atoms with E-state index in [9.17, 15) is 10.2 Å². The predicted octanol–water partition coefficient (Wildman–Crippen LogP) is -1.29. The average molecular weight is 192 g/mol. The second-order valence-corrected chi connectivity index (χ2v) is 3.30. The summed E-state index contributed by atoms with van der Waals surface area (Å²) < 4.78 is 10.0. The van der Waals surface area contributed by atoms with E-state index in [-0.39, 0.29) is 12.5 Å². The molecule has 1 saturated heterocycles. The van der Waals surface area contributed by atoms with E-state index in [4.69, 9.17) is 14.6 Å². The second kappa shape index (κ2) is 4.34. The normalized spacial score (nSPS) is 46.4. The van der Waals surface area contributed by atoms with Crippen molar-refractivity contribution in [2.75, 3.05) is 13.7 Å². The molecule has 1 aliphatic heterocycles. The lowest BCUT2D eigenvalue weighted by Crippen LogP contribution is -2.55. The molecule has 0 aromatic carbocycles. The maximum absolute atomic E-state index is 9.53. The Bertz CT molecular complexity index is 143. The lowest BCUT2D eigenvalue weighted by molar-refractivity contribution is -0.280. The Morgan fingerprint density at radius 1 is 1.31 bits per heavy atom. The van der Waals surface area contributed by atoms with Gasteiger partial charge in [0, 0.05) is 13.0 Å². The number of aliphatic hydroxyl groups is 3. The quantitative estimate of drug-likeness (QED) is 0.507. The maximum atomic E-state index is 9.53. The van der Waals surface area contributed by atoms with E-state index in [2.05, 4.69) is 0 Å². The Hall–Kier alpha value is -0.200. The molecule has 1 fully saturated rings. The van der Waals surface area contributed by atoms with Crippen LogP contribution < -0.4 is 0 Å². The maximum Gasteiger partial charge on any atom is 0.186 e. The topological polar surface area (TPSA) is 79.2 Å². The van der Waals surface area contributed by atoms with Crippen molar-refractivity contribution in [2.45, 2.75) is 31.5 Å². The highest BCUT2D eigenvalue weighted by atomic mass is 16.7. The molecule has 0 radical (unpaired) electrons. The van der Waals surface area contributed by atoms with Crippen LogP contribution in [0.2, 0.25) is 0 Å². The van der Waals surface area contributed by atoms with Gasteiger partial charge in [-0.3, -0.25) is 0 Å². The fraction of sp³-hybridized carbons (Fsp3) is 1.00. The Morgan fingerprint density at radius 3 is 2.38 bits per heavy atom. The Balaban J connectivity index is 2.66. The van der Waals surface area contributed by atoms with Crippen molar-refractivity contribution in [3.63, 3.8) is 0 Å². The average Bonchev–Trinajstić information content (AvgIpc) is 2.15. The van der Waals surface area contributed by atoms with Crippen LogP contribution in [0.3, 0.4) is 0 Å². The standard InChI is InChI=1S/C8H16O5/c1-4-5(3-9)13-8(12-2)7(11)6(4)10/h4-11H,3H2,1-2H3/t4-,5?,6?,7?,8-/m0/s1. The smallest absolute Gasteiger partial charge is 0.186 e. The van der Waals surface area contributed by atoms with Crippen LogP contribution in [0.15, 0.2) is 0 Å². The molecule has 5 nitrogen and oxygen atoms in total. The fourth-order valence-electron chi connectivity index (χ4n) is 1.47. The Kier molecular flexibility index (Phi) is 3.63. The number of rotatable bonds is 2. The van der Waals surface area contributed by atoms with Crippen LogP contribution in [0.4, 0.5) is 0 Å². The lowest BCUT2D eigenvalue weighted by Gasteiger charge is -2.40. The monoisotopic (exact) mass is 192 g/mol. The van der Waals surface area contributed by atoms with Crippen molar-refractivity contribution < 1.29 is 24.8 Å². The first-order valence-electron chi connectivity index (χ1n) is 4.27. The summed E-state index contributed by atoms with van der Waals surface area (Å²) in [6.45, 7) is 1.52. The van der Waals surface area contributed by atoms with Gasteiger partial charge >= 0.3 is 0 Å². The molecular formula is C8H16O5. The van der Waals surface area contributed by atoms with E-state index in [1.165, 1.54) is 7.11 Å². The number of aliphatic hydroxyl groups excluding tert-OH is 3. The van der Waals surface area contributed by atoms with Crippen LogP contribution in [0.25, 0.3) is 0 Å². The van der Waals surface area contributed by atoms with Crippen LogP contribution in [-0.2, 0) is 9.47 Å². The number of hydrogen-bond donors (Lipinski definition) is 3. The van der Waals surface area contributed by atoms with Crippen molar-refractivity contribution in [1.29, 1.82) is 0 Å². The molecule has 5 heteroatoms. The highest BCUT2D eigenvalue weighted by Crippen LogP contribution is 2.25. The zero-order valence-electron chi connectivity index (χ0n) is 7.75. The summed E-state index contributed by atoms with van der Waals surface area (Å²) in [4.78, 5) is 0. The molecule has 0 aromatic heterocycles. The summed E-state index contributed by atoms with van der Waals surface area (Å²) in [5.41, 5.74) is 0. The van der Waals surface area contributed by atoms with Gasteiger partial charge in [-0.2, -0.15) is 0 Å². The minimum absolute atomic E-state index is 0.190. The summed E-state index contributed by atoms with van der Waals surface area (Å²) in [5.74, 6) is -0.300. The molecule has 1 aliphatic rings. The Labute approximate surface area is 76.9 Å². The van der Waals surface area contributed by atoms with Gasteiger partial charge < -0.3 is 24.8 Å².